The molecule has 1 unspecified atom stereocenters. The third-order valence-corrected chi connectivity index (χ3v) is 6.36. The van der Waals surface area contributed by atoms with Gasteiger partial charge in [0.25, 0.3) is 0 Å². The third kappa shape index (κ3) is 5.94. The summed E-state index contributed by atoms with van der Waals surface area (Å²) in [5, 5.41) is 3.49. The second-order valence-corrected chi connectivity index (χ2v) is 8.44. The van der Waals surface area contributed by atoms with Crippen molar-refractivity contribution in [2.45, 2.75) is 26.2 Å². The second kappa shape index (κ2) is 11.4. The molecule has 1 N–H and O–H groups in total. The number of hydrogen-bond donors (Lipinski definition) is 1. The normalized spacial score (nSPS) is 25.0. The van der Waals surface area contributed by atoms with Gasteiger partial charge in [-0.3, -0.25) is 9.89 Å². The molecule has 3 aliphatic heterocycles. The largest absolute Gasteiger partial charge is 0.381 e. The first-order valence-electron chi connectivity index (χ1n) is 11.1. The van der Waals surface area contributed by atoms with Crippen LogP contribution in [0.3, 0.4) is 0 Å². The highest BCUT2D eigenvalue weighted by molar-refractivity contribution is 14.0. The van der Waals surface area contributed by atoms with Crippen molar-refractivity contribution in [1.82, 2.24) is 25.1 Å². The van der Waals surface area contributed by atoms with Gasteiger partial charge in [-0.05, 0) is 32.3 Å². The van der Waals surface area contributed by atoms with E-state index in [-0.39, 0.29) is 24.0 Å². The number of nitrogens with one attached hydrogen (secondary N) is 1. The number of halogens is 1. The fourth-order valence-electron chi connectivity index (χ4n) is 4.62. The van der Waals surface area contributed by atoms with Crippen molar-refractivity contribution < 1.29 is 4.74 Å². The Bertz CT molecular complexity index is 661. The van der Waals surface area contributed by atoms with Crippen molar-refractivity contribution in [3.05, 3.63) is 18.5 Å². The molecule has 1 spiro atoms. The van der Waals surface area contributed by atoms with E-state index in [1.165, 1.54) is 12.8 Å². The van der Waals surface area contributed by atoms with Crippen LogP contribution in [0.15, 0.2) is 23.5 Å². The average molecular weight is 529 g/mol. The summed E-state index contributed by atoms with van der Waals surface area (Å²) >= 11 is 0. The van der Waals surface area contributed by atoms with Gasteiger partial charge < -0.3 is 19.9 Å². The van der Waals surface area contributed by atoms with Gasteiger partial charge >= 0.3 is 0 Å². The lowest BCUT2D eigenvalue weighted by molar-refractivity contribution is 0.156. The molecule has 0 radical (unpaired) electrons. The van der Waals surface area contributed by atoms with Gasteiger partial charge in [-0.15, -0.1) is 24.0 Å². The van der Waals surface area contributed by atoms with E-state index in [0.717, 1.165) is 90.4 Å². The number of anilines is 1. The summed E-state index contributed by atoms with van der Waals surface area (Å²) in [6, 6.07) is 1.87. The van der Waals surface area contributed by atoms with Crippen LogP contribution < -0.4 is 10.2 Å². The summed E-state index contributed by atoms with van der Waals surface area (Å²) in [4.78, 5) is 20.9. The highest BCUT2D eigenvalue weighted by atomic mass is 127. The van der Waals surface area contributed by atoms with Crippen molar-refractivity contribution in [1.29, 1.82) is 0 Å². The number of nitrogens with zero attached hydrogens (tertiary/aromatic N) is 6. The van der Waals surface area contributed by atoms with Gasteiger partial charge in [0.2, 0.25) is 5.95 Å². The van der Waals surface area contributed by atoms with E-state index in [2.05, 4.69) is 36.9 Å². The van der Waals surface area contributed by atoms with E-state index < -0.39 is 0 Å². The quantitative estimate of drug-likeness (QED) is 0.260. The fourth-order valence-corrected chi connectivity index (χ4v) is 4.62. The Hall–Kier alpha value is -1.20. The first kappa shape index (κ1) is 23.5. The number of aliphatic imine (C=N–C) groups is 1. The van der Waals surface area contributed by atoms with Gasteiger partial charge in [-0.2, -0.15) is 0 Å². The molecule has 9 heteroatoms. The second-order valence-electron chi connectivity index (χ2n) is 8.44. The van der Waals surface area contributed by atoms with E-state index in [1.54, 1.807) is 0 Å². The minimum atomic E-state index is 0. The van der Waals surface area contributed by atoms with E-state index in [1.807, 2.05) is 18.5 Å². The molecular weight excluding hydrogens is 493 g/mol. The van der Waals surface area contributed by atoms with Crippen LogP contribution in [0.4, 0.5) is 5.95 Å². The molecule has 4 heterocycles. The van der Waals surface area contributed by atoms with Gasteiger partial charge in [-0.25, -0.2) is 9.97 Å². The Morgan fingerprint density at radius 2 is 1.97 bits per heavy atom. The van der Waals surface area contributed by atoms with E-state index >= 15 is 0 Å². The van der Waals surface area contributed by atoms with Crippen molar-refractivity contribution >= 4 is 35.9 Å². The zero-order valence-corrected chi connectivity index (χ0v) is 20.5. The van der Waals surface area contributed by atoms with Crippen LogP contribution >= 0.6 is 24.0 Å². The highest BCUT2D eigenvalue weighted by Gasteiger charge is 2.42. The first-order chi connectivity index (χ1) is 14.3. The predicted molar refractivity (Wildman–Crippen MR) is 131 cm³/mol. The van der Waals surface area contributed by atoms with E-state index in [9.17, 15) is 0 Å². The minimum Gasteiger partial charge on any atom is -0.381 e. The molecular formula is C21H36IN7O. The smallest absolute Gasteiger partial charge is 0.225 e. The van der Waals surface area contributed by atoms with Crippen LogP contribution in [-0.4, -0.2) is 97.8 Å². The lowest BCUT2D eigenvalue weighted by atomic mass is 9.87. The monoisotopic (exact) mass is 529 g/mol. The molecule has 3 fully saturated rings. The minimum absolute atomic E-state index is 0. The topological polar surface area (TPSA) is 69.1 Å². The zero-order valence-electron chi connectivity index (χ0n) is 18.1. The SMILES string of the molecule is CCNC(=NCCCN1CCN(c2ncccn2)CC1)N1CCC2(CCOC2)C1.I. The first-order valence-corrected chi connectivity index (χ1v) is 11.1. The Kier molecular flexibility index (Phi) is 8.94. The number of aromatic nitrogens is 2. The molecule has 8 nitrogen and oxygen atoms in total. The molecule has 1 aromatic heterocycles. The molecule has 1 aromatic rings. The van der Waals surface area contributed by atoms with Crippen molar-refractivity contribution in [2.24, 2.45) is 10.4 Å². The lowest BCUT2D eigenvalue weighted by Gasteiger charge is -2.34. The van der Waals surface area contributed by atoms with Crippen LogP contribution in [0.25, 0.3) is 0 Å². The number of piperazine rings is 1. The van der Waals surface area contributed by atoms with Crippen LogP contribution in [0.1, 0.15) is 26.2 Å². The summed E-state index contributed by atoms with van der Waals surface area (Å²) in [5.41, 5.74) is 0.373. The molecule has 1 atom stereocenters. The molecule has 0 bridgehead atoms. The number of rotatable bonds is 6. The maximum absolute atomic E-state index is 5.67. The highest BCUT2D eigenvalue weighted by Crippen LogP contribution is 2.38. The summed E-state index contributed by atoms with van der Waals surface area (Å²) in [6.07, 6.45) is 7.15. The molecule has 3 saturated heterocycles. The Labute approximate surface area is 197 Å². The van der Waals surface area contributed by atoms with Crippen LogP contribution in [-0.2, 0) is 4.74 Å². The van der Waals surface area contributed by atoms with Crippen molar-refractivity contribution in [3.63, 3.8) is 0 Å². The number of guanidine groups is 1. The Morgan fingerprint density at radius 3 is 2.67 bits per heavy atom. The molecule has 0 aliphatic carbocycles. The molecule has 168 valence electrons. The number of ether oxygens (including phenoxy) is 1. The Balaban J connectivity index is 0.00000256. The van der Waals surface area contributed by atoms with Crippen LogP contribution in [0.5, 0.6) is 0 Å². The van der Waals surface area contributed by atoms with Gasteiger partial charge in [0, 0.05) is 83.3 Å². The summed E-state index contributed by atoms with van der Waals surface area (Å²) < 4.78 is 5.67. The van der Waals surface area contributed by atoms with Crippen LogP contribution in [0.2, 0.25) is 0 Å². The molecule has 3 aliphatic rings. The number of likely N-dealkylation sites (tertiary alicyclic amines) is 1. The van der Waals surface area contributed by atoms with Gasteiger partial charge in [0.05, 0.1) is 6.61 Å². The maximum Gasteiger partial charge on any atom is 0.225 e. The third-order valence-electron chi connectivity index (χ3n) is 6.36. The van der Waals surface area contributed by atoms with Crippen molar-refractivity contribution in [3.8, 4) is 0 Å². The molecule has 0 aromatic carbocycles. The summed E-state index contributed by atoms with van der Waals surface area (Å²) in [5.74, 6) is 1.94. The fraction of sp³-hybridized carbons (Fsp3) is 0.762. The van der Waals surface area contributed by atoms with E-state index in [4.69, 9.17) is 9.73 Å². The number of hydrogen-bond acceptors (Lipinski definition) is 6. The average Bonchev–Trinajstić information content (AvgIpc) is 3.41. The molecule has 4 rings (SSSR count). The zero-order chi connectivity index (χ0) is 19.9. The van der Waals surface area contributed by atoms with Gasteiger partial charge in [0.1, 0.15) is 0 Å². The maximum atomic E-state index is 5.67. The van der Waals surface area contributed by atoms with E-state index in [0.29, 0.717) is 5.41 Å². The summed E-state index contributed by atoms with van der Waals surface area (Å²) in [7, 11) is 0. The molecule has 30 heavy (non-hydrogen) atoms. The van der Waals surface area contributed by atoms with Gasteiger partial charge in [-0.1, -0.05) is 0 Å². The van der Waals surface area contributed by atoms with Crippen LogP contribution in [0, 0.1) is 5.41 Å². The van der Waals surface area contributed by atoms with Gasteiger partial charge in [0.15, 0.2) is 5.96 Å². The lowest BCUT2D eigenvalue weighted by Crippen LogP contribution is -2.47. The van der Waals surface area contributed by atoms with Crippen molar-refractivity contribution in [2.75, 3.05) is 77.0 Å². The summed E-state index contributed by atoms with van der Waals surface area (Å²) in [6.45, 7) is 13.2. The molecule has 0 amide bonds. The standard InChI is InChI=1S/C21H35N7O.HI/c1-2-22-19(28-11-5-21(17-28)6-16-29-18-21)25-9-4-10-26-12-14-27(15-13-26)20-23-7-3-8-24-20;/h3,7-8H,2,4-6,9-18H2,1H3,(H,22,25);1H. The Morgan fingerprint density at radius 1 is 1.17 bits per heavy atom. The predicted octanol–water partition coefficient (Wildman–Crippen LogP) is 1.68. The molecule has 0 saturated carbocycles.